The van der Waals surface area contributed by atoms with Crippen molar-refractivity contribution in [3.63, 3.8) is 0 Å². The number of carbonyl (C=O) groups is 2. The molecule has 2 aliphatic carbocycles. The van der Waals surface area contributed by atoms with Crippen molar-refractivity contribution in [3.05, 3.63) is 46.5 Å². The number of ether oxygens (including phenoxy) is 2. The molecule has 13 nitrogen and oxygen atoms in total. The van der Waals surface area contributed by atoms with Gasteiger partial charge in [0.05, 0.1) is 24.4 Å². The number of methoxy groups -OCH3 is 1. The van der Waals surface area contributed by atoms with Crippen LogP contribution in [0.25, 0.3) is 5.65 Å². The maximum Gasteiger partial charge on any atom is 0.415 e. The zero-order valence-corrected chi connectivity index (χ0v) is 24.7. The van der Waals surface area contributed by atoms with Crippen LogP contribution in [0.2, 0.25) is 0 Å². The van der Waals surface area contributed by atoms with Crippen molar-refractivity contribution >= 4 is 35.0 Å². The monoisotopic (exact) mass is 581 g/mol. The smallest absolute Gasteiger partial charge is 0.415 e. The van der Waals surface area contributed by atoms with Gasteiger partial charge in [-0.1, -0.05) is 0 Å². The molecule has 2 saturated carbocycles. The zero-order valence-electron chi connectivity index (χ0n) is 24.7. The van der Waals surface area contributed by atoms with Gasteiger partial charge in [0.1, 0.15) is 28.5 Å². The van der Waals surface area contributed by atoms with Crippen molar-refractivity contribution in [1.82, 2.24) is 24.5 Å². The Balaban J connectivity index is 1.52. The van der Waals surface area contributed by atoms with Crippen LogP contribution in [0.4, 0.5) is 22.1 Å². The summed E-state index contributed by atoms with van der Waals surface area (Å²) in [5.74, 6) is 0.155. The van der Waals surface area contributed by atoms with Crippen molar-refractivity contribution in [2.45, 2.75) is 89.2 Å². The molecule has 3 heterocycles. The Morgan fingerprint density at radius 2 is 1.98 bits per heavy atom. The van der Waals surface area contributed by atoms with Gasteiger partial charge in [-0.25, -0.2) is 9.78 Å². The highest BCUT2D eigenvalue weighted by Gasteiger charge is 2.30. The Kier molecular flexibility index (Phi) is 8.24. The number of hydrogen-bond donors (Lipinski definition) is 3. The highest BCUT2D eigenvalue weighted by atomic mass is 16.6. The summed E-state index contributed by atoms with van der Waals surface area (Å²) >= 11 is 0. The van der Waals surface area contributed by atoms with Gasteiger partial charge in [0.2, 0.25) is 0 Å². The molecule has 5 rings (SSSR count). The van der Waals surface area contributed by atoms with E-state index in [1.54, 1.807) is 56.8 Å². The fourth-order valence-corrected chi connectivity index (χ4v) is 5.63. The maximum absolute atomic E-state index is 13.4. The summed E-state index contributed by atoms with van der Waals surface area (Å²) in [6.07, 6.45) is 6.53. The first-order chi connectivity index (χ1) is 19.9. The summed E-state index contributed by atoms with van der Waals surface area (Å²) in [5.41, 5.74) is -0.395. The minimum absolute atomic E-state index is 0.0451. The van der Waals surface area contributed by atoms with E-state index in [4.69, 9.17) is 9.47 Å². The third kappa shape index (κ3) is 6.12. The van der Waals surface area contributed by atoms with Crippen LogP contribution < -0.4 is 21.1 Å². The largest absolute Gasteiger partial charge is 0.443 e. The third-order valence-corrected chi connectivity index (χ3v) is 7.80. The average Bonchev–Trinajstić information content (AvgIpc) is 3.68. The summed E-state index contributed by atoms with van der Waals surface area (Å²) in [6.45, 7) is 5.30. The molecule has 0 radical (unpaired) electrons. The number of aliphatic hydroxyl groups is 1. The topological polar surface area (TPSA) is 152 Å². The minimum Gasteiger partial charge on any atom is -0.443 e. The Bertz CT molecular complexity index is 1530. The summed E-state index contributed by atoms with van der Waals surface area (Å²) < 4.78 is 13.9. The first-order valence-electron chi connectivity index (χ1n) is 14.3. The molecule has 3 N–H and O–H groups in total. The number of nitrogens with one attached hydrogen (secondary N) is 2. The molecule has 3 aromatic heterocycles. The van der Waals surface area contributed by atoms with Crippen LogP contribution in [0.15, 0.2) is 35.4 Å². The lowest BCUT2D eigenvalue weighted by molar-refractivity contribution is 0.0587. The molecular formula is C29H39N7O6. The number of fused-ring (bicyclic) bond motifs is 1. The molecule has 0 saturated heterocycles. The van der Waals surface area contributed by atoms with Gasteiger partial charge in [-0.15, -0.1) is 0 Å². The first kappa shape index (κ1) is 29.5. The molecule has 13 heteroatoms. The van der Waals surface area contributed by atoms with E-state index in [-0.39, 0.29) is 58.2 Å². The average molecular weight is 582 g/mol. The SMILES string of the molecule is CO[C@@H]1CC[C@@H](NC(=O)c2cnn3c(N(C)C(=O)OC(C)(C)C)cc(Nc4cccn([C@H]5CCC[C@H]5O)c4=O)nc23)C1. The minimum atomic E-state index is -0.741. The van der Waals surface area contributed by atoms with E-state index in [0.29, 0.717) is 19.3 Å². The molecule has 0 spiro atoms. The predicted octanol–water partition coefficient (Wildman–Crippen LogP) is 3.39. The van der Waals surface area contributed by atoms with Gasteiger partial charge >= 0.3 is 6.09 Å². The number of anilines is 3. The summed E-state index contributed by atoms with van der Waals surface area (Å²) in [6, 6.07) is 4.57. The van der Waals surface area contributed by atoms with E-state index in [9.17, 15) is 19.5 Å². The highest BCUT2D eigenvalue weighted by Crippen LogP contribution is 2.30. The van der Waals surface area contributed by atoms with Crippen molar-refractivity contribution in [1.29, 1.82) is 0 Å². The second-order valence-corrected chi connectivity index (χ2v) is 12.0. The van der Waals surface area contributed by atoms with Gasteiger partial charge in [-0.2, -0.15) is 9.61 Å². The molecule has 2 amide bonds. The van der Waals surface area contributed by atoms with Crippen molar-refractivity contribution in [2.24, 2.45) is 0 Å². The molecule has 0 aliphatic heterocycles. The van der Waals surface area contributed by atoms with Crippen molar-refractivity contribution in [2.75, 3.05) is 24.4 Å². The molecular weight excluding hydrogens is 542 g/mol. The van der Waals surface area contributed by atoms with Gasteiger partial charge in [0.25, 0.3) is 11.5 Å². The van der Waals surface area contributed by atoms with Gasteiger partial charge in [-0.3, -0.25) is 14.5 Å². The Morgan fingerprint density at radius 3 is 2.64 bits per heavy atom. The number of aromatic nitrogens is 4. The van der Waals surface area contributed by atoms with Crippen LogP contribution in [-0.2, 0) is 9.47 Å². The number of aliphatic hydroxyl groups excluding tert-OH is 1. The molecule has 0 aromatic carbocycles. The molecule has 2 fully saturated rings. The van der Waals surface area contributed by atoms with E-state index in [1.807, 2.05) is 0 Å². The van der Waals surface area contributed by atoms with Crippen molar-refractivity contribution in [3.8, 4) is 0 Å². The maximum atomic E-state index is 13.4. The standard InChI is InChI=1S/C29H39N7O6/c1-29(2,3)42-28(40)34(4)24-15-23(32-20-8-7-13-35(27(20)39)21-9-6-10-22(21)37)33-25-19(16-30-36(24)25)26(38)31-17-11-12-18(14-17)41-5/h7-8,13,15-18,21-22,37H,6,9-12,14H2,1-5H3,(H,31,38)(H,32,33)/t17-,18-,21+,22-/m1/s1. The fraction of sp³-hybridized carbons (Fsp3) is 0.552. The molecule has 3 aromatic rings. The molecule has 0 bridgehead atoms. The first-order valence-corrected chi connectivity index (χ1v) is 14.3. The molecule has 4 atom stereocenters. The zero-order chi connectivity index (χ0) is 30.2. The number of amides is 2. The van der Waals surface area contributed by atoms with E-state index >= 15 is 0 Å². The number of rotatable bonds is 7. The lowest BCUT2D eigenvalue weighted by Crippen LogP contribution is -2.35. The second-order valence-electron chi connectivity index (χ2n) is 12.0. The summed E-state index contributed by atoms with van der Waals surface area (Å²) in [7, 11) is 3.20. The molecule has 226 valence electrons. The quantitative estimate of drug-likeness (QED) is 0.381. The lowest BCUT2D eigenvalue weighted by Gasteiger charge is -2.25. The molecule has 0 unspecified atom stereocenters. The van der Waals surface area contributed by atoms with Crippen LogP contribution in [0.1, 0.15) is 75.7 Å². The lowest BCUT2D eigenvalue weighted by atomic mass is 10.2. The second kappa shape index (κ2) is 11.7. The third-order valence-electron chi connectivity index (χ3n) is 7.80. The molecule has 2 aliphatic rings. The predicted molar refractivity (Wildman–Crippen MR) is 156 cm³/mol. The van der Waals surface area contributed by atoms with Crippen LogP contribution >= 0.6 is 0 Å². The van der Waals surface area contributed by atoms with Gasteiger partial charge in [0.15, 0.2) is 5.65 Å². The van der Waals surface area contributed by atoms with Gasteiger partial charge in [-0.05, 0) is 71.4 Å². The van der Waals surface area contributed by atoms with Gasteiger partial charge in [0, 0.05) is 32.5 Å². The highest BCUT2D eigenvalue weighted by molar-refractivity contribution is 6.00. The van der Waals surface area contributed by atoms with Crippen LogP contribution in [0.5, 0.6) is 0 Å². The van der Waals surface area contributed by atoms with E-state index in [2.05, 4.69) is 20.7 Å². The van der Waals surface area contributed by atoms with E-state index in [0.717, 1.165) is 19.3 Å². The van der Waals surface area contributed by atoms with Crippen LogP contribution in [0, 0.1) is 0 Å². The summed E-state index contributed by atoms with van der Waals surface area (Å²) in [5, 5.41) is 20.9. The number of carbonyl (C=O) groups excluding carboxylic acids is 2. The van der Waals surface area contributed by atoms with E-state index < -0.39 is 17.8 Å². The summed E-state index contributed by atoms with van der Waals surface area (Å²) in [4.78, 5) is 45.7. The Morgan fingerprint density at radius 1 is 1.19 bits per heavy atom. The van der Waals surface area contributed by atoms with Gasteiger partial charge < -0.3 is 29.8 Å². The number of nitrogens with zero attached hydrogens (tertiary/aromatic N) is 5. The Hall–Kier alpha value is -3.97. The fourth-order valence-electron chi connectivity index (χ4n) is 5.63. The molecule has 42 heavy (non-hydrogen) atoms. The normalized spacial score (nSPS) is 22.3. The Labute approximate surface area is 243 Å². The van der Waals surface area contributed by atoms with Crippen molar-refractivity contribution < 1.29 is 24.2 Å². The van der Waals surface area contributed by atoms with Crippen LogP contribution in [-0.4, -0.2) is 74.3 Å². The number of pyridine rings is 1. The van der Waals surface area contributed by atoms with Crippen LogP contribution in [0.3, 0.4) is 0 Å². The number of hydrogen-bond acceptors (Lipinski definition) is 9. The van der Waals surface area contributed by atoms with E-state index in [1.165, 1.54) is 22.7 Å².